The molecule has 2 rings (SSSR count). The highest BCUT2D eigenvalue weighted by Gasteiger charge is 2.10. The number of benzene rings is 1. The smallest absolute Gasteiger partial charge is 0.321 e. The normalized spacial score (nSPS) is 10.9. The number of halogens is 2. The fraction of sp³-hybridized carbons (Fsp3) is 0.333. The Hall–Kier alpha value is -1.43. The lowest BCUT2D eigenvalue weighted by molar-refractivity contribution is 0.429. The van der Waals surface area contributed by atoms with Gasteiger partial charge in [0.15, 0.2) is 0 Å². The van der Waals surface area contributed by atoms with Crippen molar-refractivity contribution in [1.29, 1.82) is 0 Å². The predicted molar refractivity (Wildman–Crippen MR) is 70.7 cm³/mol. The van der Waals surface area contributed by atoms with Gasteiger partial charge in [0.2, 0.25) is 5.82 Å². The van der Waals surface area contributed by atoms with Crippen LogP contribution in [0.25, 0.3) is 11.4 Å². The summed E-state index contributed by atoms with van der Waals surface area (Å²) < 4.78 is 18.9. The molecule has 1 aromatic heterocycles. The van der Waals surface area contributed by atoms with Gasteiger partial charge in [-0.05, 0) is 24.1 Å². The maximum absolute atomic E-state index is 13.2. The van der Waals surface area contributed by atoms with Crippen molar-refractivity contribution < 1.29 is 8.91 Å². The van der Waals surface area contributed by atoms with Crippen molar-refractivity contribution in [2.75, 3.05) is 11.9 Å². The highest BCUT2D eigenvalue weighted by molar-refractivity contribution is 9.10. The lowest BCUT2D eigenvalue weighted by Gasteiger charge is -2.02. The van der Waals surface area contributed by atoms with Gasteiger partial charge in [0.25, 0.3) is 0 Å². The molecule has 0 aliphatic rings. The summed E-state index contributed by atoms with van der Waals surface area (Å²) in [5.41, 5.74) is 0.572. The van der Waals surface area contributed by atoms with Crippen LogP contribution >= 0.6 is 15.9 Å². The maximum atomic E-state index is 13.2. The summed E-state index contributed by atoms with van der Waals surface area (Å²) in [4.78, 5) is 4.16. The number of nitrogens with one attached hydrogen (secondary N) is 1. The van der Waals surface area contributed by atoms with E-state index in [-0.39, 0.29) is 5.82 Å². The molecule has 0 atom stereocenters. The largest absolute Gasteiger partial charge is 0.337 e. The van der Waals surface area contributed by atoms with Crippen LogP contribution in [0.1, 0.15) is 13.8 Å². The van der Waals surface area contributed by atoms with Crippen LogP contribution in [0.15, 0.2) is 27.2 Å². The molecule has 0 saturated heterocycles. The van der Waals surface area contributed by atoms with E-state index in [0.717, 1.165) is 6.54 Å². The van der Waals surface area contributed by atoms with E-state index in [0.29, 0.717) is 27.8 Å². The van der Waals surface area contributed by atoms with E-state index in [4.69, 9.17) is 4.52 Å². The van der Waals surface area contributed by atoms with Gasteiger partial charge in [-0.1, -0.05) is 34.9 Å². The van der Waals surface area contributed by atoms with Crippen LogP contribution in [-0.2, 0) is 0 Å². The Morgan fingerprint density at radius 1 is 1.39 bits per heavy atom. The van der Waals surface area contributed by atoms with Gasteiger partial charge >= 0.3 is 6.01 Å². The lowest BCUT2D eigenvalue weighted by Crippen LogP contribution is -2.07. The molecule has 0 radical (unpaired) electrons. The van der Waals surface area contributed by atoms with Gasteiger partial charge in [-0.2, -0.15) is 4.98 Å². The van der Waals surface area contributed by atoms with E-state index in [1.54, 1.807) is 6.07 Å². The molecule has 0 saturated carbocycles. The first kappa shape index (κ1) is 13.0. The summed E-state index contributed by atoms with van der Waals surface area (Å²) in [5, 5.41) is 6.83. The molecule has 96 valence electrons. The second-order valence-electron chi connectivity index (χ2n) is 4.36. The first-order chi connectivity index (χ1) is 8.54. The number of hydrogen-bond donors (Lipinski definition) is 1. The third-order valence-electron chi connectivity index (χ3n) is 2.21. The molecule has 0 spiro atoms. The van der Waals surface area contributed by atoms with Gasteiger partial charge in [0.1, 0.15) is 5.82 Å². The van der Waals surface area contributed by atoms with E-state index >= 15 is 0 Å². The minimum atomic E-state index is -0.346. The quantitative estimate of drug-likeness (QED) is 0.935. The van der Waals surface area contributed by atoms with Crippen molar-refractivity contribution in [2.45, 2.75) is 13.8 Å². The third-order valence-corrected chi connectivity index (χ3v) is 2.67. The Bertz CT molecular complexity index is 522. The zero-order valence-corrected chi connectivity index (χ0v) is 11.7. The van der Waals surface area contributed by atoms with Crippen LogP contribution in [0, 0.1) is 11.7 Å². The van der Waals surface area contributed by atoms with Gasteiger partial charge < -0.3 is 9.84 Å². The van der Waals surface area contributed by atoms with Crippen molar-refractivity contribution in [3.63, 3.8) is 0 Å². The van der Waals surface area contributed by atoms with Crippen molar-refractivity contribution in [1.82, 2.24) is 10.1 Å². The molecule has 4 nitrogen and oxygen atoms in total. The number of hydrogen-bond acceptors (Lipinski definition) is 4. The molecule has 0 bridgehead atoms. The monoisotopic (exact) mass is 313 g/mol. The molecule has 0 aliphatic carbocycles. The number of rotatable bonds is 4. The van der Waals surface area contributed by atoms with Crippen LogP contribution in [0.5, 0.6) is 0 Å². The number of aromatic nitrogens is 2. The van der Waals surface area contributed by atoms with E-state index in [9.17, 15) is 4.39 Å². The van der Waals surface area contributed by atoms with Crippen molar-refractivity contribution in [3.8, 4) is 11.4 Å². The van der Waals surface area contributed by atoms with Crippen molar-refractivity contribution >= 4 is 21.9 Å². The molecule has 2 aromatic rings. The zero-order chi connectivity index (χ0) is 13.1. The second kappa shape index (κ2) is 5.48. The Morgan fingerprint density at radius 2 is 2.17 bits per heavy atom. The van der Waals surface area contributed by atoms with Crippen LogP contribution in [0.2, 0.25) is 0 Å². The zero-order valence-electron chi connectivity index (χ0n) is 10.1. The molecule has 0 amide bonds. The van der Waals surface area contributed by atoms with Gasteiger partial charge in [-0.15, -0.1) is 0 Å². The Morgan fingerprint density at radius 3 is 2.83 bits per heavy atom. The molecule has 1 aromatic carbocycles. The Kier molecular flexibility index (Phi) is 3.96. The van der Waals surface area contributed by atoms with E-state index < -0.39 is 0 Å². The second-order valence-corrected chi connectivity index (χ2v) is 5.27. The SMILES string of the molecule is CC(C)CNc1nc(-c2cc(F)cc(Br)c2)no1. The predicted octanol–water partition coefficient (Wildman–Crippen LogP) is 3.71. The van der Waals surface area contributed by atoms with Gasteiger partial charge in [0, 0.05) is 16.6 Å². The van der Waals surface area contributed by atoms with E-state index in [1.807, 2.05) is 0 Å². The number of anilines is 1. The molecule has 1 heterocycles. The standard InChI is InChI=1S/C12H13BrFN3O/c1-7(2)6-15-12-16-11(17-18-12)8-3-9(13)5-10(14)4-8/h3-5,7H,6H2,1-2H3,(H,15,16,17). The number of nitrogens with zero attached hydrogens (tertiary/aromatic N) is 2. The fourth-order valence-corrected chi connectivity index (χ4v) is 1.85. The first-order valence-corrected chi connectivity index (χ1v) is 6.38. The minimum absolute atomic E-state index is 0.346. The van der Waals surface area contributed by atoms with Crippen molar-refractivity contribution in [3.05, 3.63) is 28.5 Å². The summed E-state index contributed by atoms with van der Waals surface area (Å²) in [7, 11) is 0. The van der Waals surface area contributed by atoms with Gasteiger partial charge in [-0.25, -0.2) is 4.39 Å². The Balaban J connectivity index is 2.18. The molecule has 6 heteroatoms. The molecule has 0 unspecified atom stereocenters. The first-order valence-electron chi connectivity index (χ1n) is 5.58. The lowest BCUT2D eigenvalue weighted by atomic mass is 10.2. The summed E-state index contributed by atoms with van der Waals surface area (Å²) in [6.45, 7) is 4.90. The van der Waals surface area contributed by atoms with Crippen molar-refractivity contribution in [2.24, 2.45) is 5.92 Å². The highest BCUT2D eigenvalue weighted by Crippen LogP contribution is 2.23. The van der Waals surface area contributed by atoms with E-state index in [2.05, 4.69) is 45.2 Å². The van der Waals surface area contributed by atoms with Crippen LogP contribution < -0.4 is 5.32 Å². The highest BCUT2D eigenvalue weighted by atomic mass is 79.9. The topological polar surface area (TPSA) is 51.0 Å². The molecule has 18 heavy (non-hydrogen) atoms. The molecular weight excluding hydrogens is 301 g/mol. The van der Waals surface area contributed by atoms with E-state index in [1.165, 1.54) is 12.1 Å². The molecule has 1 N–H and O–H groups in total. The summed E-state index contributed by atoms with van der Waals surface area (Å²) >= 11 is 3.23. The molecule has 0 aliphatic heterocycles. The van der Waals surface area contributed by atoms with Gasteiger partial charge in [0.05, 0.1) is 0 Å². The Labute approximate surface area is 113 Å². The van der Waals surface area contributed by atoms with Crippen LogP contribution in [-0.4, -0.2) is 16.7 Å². The van der Waals surface area contributed by atoms with Gasteiger partial charge in [-0.3, -0.25) is 0 Å². The minimum Gasteiger partial charge on any atom is -0.337 e. The fourth-order valence-electron chi connectivity index (χ4n) is 1.39. The average molecular weight is 314 g/mol. The summed E-state index contributed by atoms with van der Waals surface area (Å²) in [6.07, 6.45) is 0. The molecule has 0 fully saturated rings. The molecular formula is C12H13BrFN3O. The maximum Gasteiger partial charge on any atom is 0.321 e. The summed E-state index contributed by atoms with van der Waals surface area (Å²) in [5.74, 6) is 0.492. The average Bonchev–Trinajstić information content (AvgIpc) is 2.73. The van der Waals surface area contributed by atoms with Crippen LogP contribution in [0.3, 0.4) is 0 Å². The summed E-state index contributed by atoms with van der Waals surface area (Å²) in [6, 6.07) is 4.82. The third kappa shape index (κ3) is 3.29. The van der Waals surface area contributed by atoms with Crippen LogP contribution in [0.4, 0.5) is 10.4 Å².